The molecule has 29 heavy (non-hydrogen) atoms. The van der Waals surface area contributed by atoms with E-state index in [1.807, 2.05) is 34.9 Å². The summed E-state index contributed by atoms with van der Waals surface area (Å²) in [6, 6.07) is 20.6. The van der Waals surface area contributed by atoms with Crippen molar-refractivity contribution in [3.8, 4) is 0 Å². The Morgan fingerprint density at radius 1 is 0.897 bits per heavy atom. The number of rotatable bonds is 5. The predicted molar refractivity (Wildman–Crippen MR) is 110 cm³/mol. The van der Waals surface area contributed by atoms with E-state index in [1.54, 1.807) is 0 Å². The molecular weight excluding hydrogens is 362 g/mol. The SMILES string of the molecule is O=C(NCc1ccccc1)c1nnc2n1C[C@@H]1CN(Cc3ccccc3)C[C@@H]1C2. The van der Waals surface area contributed by atoms with Crippen LogP contribution in [0.5, 0.6) is 0 Å². The van der Waals surface area contributed by atoms with Gasteiger partial charge < -0.3 is 9.88 Å². The molecule has 2 aromatic carbocycles. The third-order valence-corrected chi connectivity index (χ3v) is 6.09. The lowest BCUT2D eigenvalue weighted by atomic mass is 9.89. The zero-order valence-electron chi connectivity index (χ0n) is 16.4. The maximum absolute atomic E-state index is 12.7. The van der Waals surface area contributed by atoms with Crippen LogP contribution in [0.15, 0.2) is 60.7 Å². The molecule has 1 N–H and O–H groups in total. The van der Waals surface area contributed by atoms with Gasteiger partial charge in [-0.2, -0.15) is 0 Å². The number of carbonyl (C=O) groups is 1. The highest BCUT2D eigenvalue weighted by Crippen LogP contribution is 2.33. The second kappa shape index (κ2) is 7.79. The van der Waals surface area contributed by atoms with Crippen LogP contribution >= 0.6 is 0 Å². The van der Waals surface area contributed by atoms with Crippen molar-refractivity contribution in [2.45, 2.75) is 26.1 Å². The molecule has 2 aliphatic heterocycles. The van der Waals surface area contributed by atoms with Crippen molar-refractivity contribution in [2.75, 3.05) is 13.1 Å². The minimum absolute atomic E-state index is 0.148. The smallest absolute Gasteiger partial charge is 0.289 e. The number of hydrogen-bond acceptors (Lipinski definition) is 4. The first-order valence-corrected chi connectivity index (χ1v) is 10.3. The Kier molecular flexibility index (Phi) is 4.86. The van der Waals surface area contributed by atoms with Crippen molar-refractivity contribution in [1.82, 2.24) is 25.0 Å². The number of benzene rings is 2. The van der Waals surface area contributed by atoms with Gasteiger partial charge in [0.25, 0.3) is 5.91 Å². The van der Waals surface area contributed by atoms with Gasteiger partial charge in [0.15, 0.2) is 0 Å². The molecule has 0 saturated carbocycles. The quantitative estimate of drug-likeness (QED) is 0.731. The van der Waals surface area contributed by atoms with E-state index in [9.17, 15) is 4.79 Å². The Morgan fingerprint density at radius 3 is 2.34 bits per heavy atom. The van der Waals surface area contributed by atoms with E-state index in [-0.39, 0.29) is 5.91 Å². The monoisotopic (exact) mass is 387 g/mol. The minimum atomic E-state index is -0.148. The molecule has 0 radical (unpaired) electrons. The van der Waals surface area contributed by atoms with Crippen LogP contribution in [0.25, 0.3) is 0 Å². The van der Waals surface area contributed by atoms with Gasteiger partial charge in [0, 0.05) is 39.1 Å². The average molecular weight is 387 g/mol. The van der Waals surface area contributed by atoms with E-state index in [0.29, 0.717) is 24.2 Å². The number of amides is 1. The van der Waals surface area contributed by atoms with E-state index in [0.717, 1.165) is 44.0 Å². The van der Waals surface area contributed by atoms with E-state index in [2.05, 4.69) is 50.7 Å². The van der Waals surface area contributed by atoms with Crippen LogP contribution in [-0.4, -0.2) is 38.7 Å². The molecule has 1 fully saturated rings. The normalized spacial score (nSPS) is 20.8. The van der Waals surface area contributed by atoms with Crippen molar-refractivity contribution in [1.29, 1.82) is 0 Å². The first-order chi connectivity index (χ1) is 14.3. The second-order valence-electron chi connectivity index (χ2n) is 8.12. The fraction of sp³-hybridized carbons (Fsp3) is 0.348. The van der Waals surface area contributed by atoms with Gasteiger partial charge in [0.05, 0.1) is 0 Å². The fourth-order valence-corrected chi connectivity index (χ4v) is 4.62. The number of aromatic nitrogens is 3. The van der Waals surface area contributed by atoms with Crippen LogP contribution < -0.4 is 5.32 Å². The zero-order valence-corrected chi connectivity index (χ0v) is 16.4. The molecule has 3 aromatic rings. The third kappa shape index (κ3) is 3.80. The molecule has 2 aliphatic rings. The van der Waals surface area contributed by atoms with E-state index < -0.39 is 0 Å². The van der Waals surface area contributed by atoms with Gasteiger partial charge >= 0.3 is 0 Å². The van der Waals surface area contributed by atoms with Gasteiger partial charge in [0.2, 0.25) is 5.82 Å². The summed E-state index contributed by atoms with van der Waals surface area (Å²) in [5.74, 6) is 2.37. The predicted octanol–water partition coefficient (Wildman–Crippen LogP) is 2.51. The Labute approximate surface area is 170 Å². The Bertz CT molecular complexity index is 985. The summed E-state index contributed by atoms with van der Waals surface area (Å²) in [5, 5.41) is 11.5. The van der Waals surface area contributed by atoms with Crippen molar-refractivity contribution in [3.05, 3.63) is 83.4 Å². The molecule has 0 bridgehead atoms. The van der Waals surface area contributed by atoms with Gasteiger partial charge in [-0.1, -0.05) is 60.7 Å². The number of likely N-dealkylation sites (tertiary alicyclic amines) is 1. The van der Waals surface area contributed by atoms with Crippen LogP contribution in [0.4, 0.5) is 0 Å². The second-order valence-corrected chi connectivity index (χ2v) is 8.12. The van der Waals surface area contributed by atoms with Crippen LogP contribution in [0.1, 0.15) is 27.6 Å². The third-order valence-electron chi connectivity index (χ3n) is 6.09. The maximum atomic E-state index is 12.7. The Balaban J connectivity index is 1.24. The zero-order chi connectivity index (χ0) is 19.6. The molecule has 0 aliphatic carbocycles. The van der Waals surface area contributed by atoms with E-state index >= 15 is 0 Å². The van der Waals surface area contributed by atoms with Gasteiger partial charge in [-0.05, 0) is 23.0 Å². The molecule has 2 atom stereocenters. The van der Waals surface area contributed by atoms with Crippen LogP contribution in [-0.2, 0) is 26.1 Å². The fourth-order valence-electron chi connectivity index (χ4n) is 4.62. The van der Waals surface area contributed by atoms with Crippen molar-refractivity contribution >= 4 is 5.91 Å². The van der Waals surface area contributed by atoms with Gasteiger partial charge in [-0.15, -0.1) is 10.2 Å². The van der Waals surface area contributed by atoms with E-state index in [1.165, 1.54) is 5.56 Å². The first-order valence-electron chi connectivity index (χ1n) is 10.3. The lowest BCUT2D eigenvalue weighted by Crippen LogP contribution is -2.32. The molecule has 5 rings (SSSR count). The largest absolute Gasteiger partial charge is 0.345 e. The van der Waals surface area contributed by atoms with E-state index in [4.69, 9.17) is 0 Å². The average Bonchev–Trinajstić information content (AvgIpc) is 3.34. The highest BCUT2D eigenvalue weighted by molar-refractivity contribution is 5.90. The summed E-state index contributed by atoms with van der Waals surface area (Å²) in [6.45, 7) is 4.45. The number of fused-ring (bicyclic) bond motifs is 2. The molecule has 1 amide bonds. The van der Waals surface area contributed by atoms with Gasteiger partial charge in [0.1, 0.15) is 5.82 Å². The number of hydrogen-bond donors (Lipinski definition) is 1. The molecule has 6 nitrogen and oxygen atoms in total. The lowest BCUT2D eigenvalue weighted by molar-refractivity contribution is 0.0932. The molecule has 0 unspecified atom stereocenters. The molecule has 0 spiro atoms. The summed E-state index contributed by atoms with van der Waals surface area (Å²) in [6.07, 6.45) is 0.898. The van der Waals surface area contributed by atoms with Crippen LogP contribution in [0.3, 0.4) is 0 Å². The Morgan fingerprint density at radius 2 is 1.59 bits per heavy atom. The molecule has 1 saturated heterocycles. The summed E-state index contributed by atoms with van der Waals surface area (Å²) in [7, 11) is 0. The summed E-state index contributed by atoms with van der Waals surface area (Å²) in [4.78, 5) is 15.2. The van der Waals surface area contributed by atoms with Gasteiger partial charge in [-0.3, -0.25) is 9.69 Å². The summed E-state index contributed by atoms with van der Waals surface area (Å²) < 4.78 is 2.04. The van der Waals surface area contributed by atoms with Gasteiger partial charge in [-0.25, -0.2) is 0 Å². The highest BCUT2D eigenvalue weighted by Gasteiger charge is 2.38. The topological polar surface area (TPSA) is 63.1 Å². The standard InChI is InChI=1S/C23H25N5O/c29-23(24-12-17-7-3-1-4-8-17)22-26-25-21-11-19-14-27(15-20(19)16-28(21)22)13-18-9-5-2-6-10-18/h1-10,19-20H,11-16H2,(H,24,29)/t19-,20-/m0/s1. The molecule has 6 heteroatoms. The van der Waals surface area contributed by atoms with Crippen LogP contribution in [0.2, 0.25) is 0 Å². The molecule has 148 valence electrons. The highest BCUT2D eigenvalue weighted by atomic mass is 16.2. The maximum Gasteiger partial charge on any atom is 0.289 e. The minimum Gasteiger partial charge on any atom is -0.345 e. The molecule has 1 aromatic heterocycles. The number of nitrogens with zero attached hydrogens (tertiary/aromatic N) is 4. The lowest BCUT2D eigenvalue weighted by Gasteiger charge is -2.25. The molecular formula is C23H25N5O. The number of carbonyl (C=O) groups excluding carboxylic acids is 1. The summed E-state index contributed by atoms with van der Waals surface area (Å²) >= 11 is 0. The Hall–Kier alpha value is -2.99. The van der Waals surface area contributed by atoms with Crippen LogP contribution in [0, 0.1) is 11.8 Å². The summed E-state index contributed by atoms with van der Waals surface area (Å²) in [5.41, 5.74) is 2.43. The first kappa shape index (κ1) is 18.1. The van der Waals surface area contributed by atoms with Crippen molar-refractivity contribution < 1.29 is 4.79 Å². The van der Waals surface area contributed by atoms with Crippen molar-refractivity contribution in [2.24, 2.45) is 11.8 Å². The number of nitrogens with one attached hydrogen (secondary N) is 1. The molecule has 3 heterocycles. The van der Waals surface area contributed by atoms with Crippen molar-refractivity contribution in [3.63, 3.8) is 0 Å².